The van der Waals surface area contributed by atoms with Crippen LogP contribution in [0, 0.1) is 6.92 Å². The highest BCUT2D eigenvalue weighted by atomic mass is 19.4. The van der Waals surface area contributed by atoms with E-state index in [-0.39, 0.29) is 23.8 Å². The van der Waals surface area contributed by atoms with Gasteiger partial charge in [0.25, 0.3) is 11.5 Å². The molecule has 0 unspecified atom stereocenters. The topological polar surface area (TPSA) is 69.6 Å². The van der Waals surface area contributed by atoms with E-state index < -0.39 is 6.36 Å². The summed E-state index contributed by atoms with van der Waals surface area (Å²) in [5, 5.41) is 2.73. The molecule has 2 heterocycles. The molecule has 0 bridgehead atoms. The maximum atomic E-state index is 12.5. The van der Waals surface area contributed by atoms with E-state index in [1.807, 2.05) is 0 Å². The van der Waals surface area contributed by atoms with E-state index in [1.54, 1.807) is 31.3 Å². The molecule has 0 saturated heterocycles. The van der Waals surface area contributed by atoms with Crippen LogP contribution in [0.25, 0.3) is 16.8 Å². The van der Waals surface area contributed by atoms with Crippen molar-refractivity contribution >= 4 is 11.6 Å². The Kier molecular flexibility index (Phi) is 4.73. The van der Waals surface area contributed by atoms with Crippen molar-refractivity contribution in [2.24, 2.45) is 0 Å². The minimum absolute atomic E-state index is 0.122. The van der Waals surface area contributed by atoms with Gasteiger partial charge in [0, 0.05) is 29.1 Å². The van der Waals surface area contributed by atoms with Gasteiger partial charge in [0.1, 0.15) is 5.75 Å². The fraction of sp³-hybridized carbons (Fsp3) is 0.143. The summed E-state index contributed by atoms with van der Waals surface area (Å²) in [6, 6.07) is 11.7. The molecule has 3 aromatic rings. The van der Waals surface area contributed by atoms with Gasteiger partial charge in [0.15, 0.2) is 12.4 Å². The molecule has 1 N–H and O–H groups in total. The number of para-hydroxylation sites is 1. The number of benzene rings is 2. The molecule has 154 valence electrons. The third kappa shape index (κ3) is 3.86. The number of amides is 1. The number of rotatable bonds is 3. The summed E-state index contributed by atoms with van der Waals surface area (Å²) in [5.74, 6) is -0.158. The summed E-state index contributed by atoms with van der Waals surface area (Å²) in [6.45, 7) is 1.64. The quantitative estimate of drug-likeness (QED) is 0.700. The van der Waals surface area contributed by atoms with Crippen LogP contribution in [0.1, 0.15) is 5.56 Å². The lowest BCUT2D eigenvalue weighted by molar-refractivity contribution is -0.274. The van der Waals surface area contributed by atoms with E-state index >= 15 is 0 Å². The van der Waals surface area contributed by atoms with Gasteiger partial charge in [0.05, 0.1) is 5.69 Å². The Bertz CT molecular complexity index is 1180. The van der Waals surface area contributed by atoms with Crippen LogP contribution >= 0.6 is 0 Å². The van der Waals surface area contributed by atoms with Crippen molar-refractivity contribution in [3.63, 3.8) is 0 Å². The third-order valence-electron chi connectivity index (χ3n) is 4.54. The fourth-order valence-electron chi connectivity index (χ4n) is 3.25. The van der Waals surface area contributed by atoms with E-state index in [2.05, 4.69) is 10.1 Å². The van der Waals surface area contributed by atoms with E-state index in [0.717, 1.165) is 12.1 Å². The summed E-state index contributed by atoms with van der Waals surface area (Å²) >= 11 is 0. The minimum atomic E-state index is -4.79. The van der Waals surface area contributed by atoms with Crippen LogP contribution in [-0.2, 0) is 4.79 Å². The van der Waals surface area contributed by atoms with E-state index in [1.165, 1.54) is 22.8 Å². The molecule has 1 aliphatic heterocycles. The predicted molar refractivity (Wildman–Crippen MR) is 103 cm³/mol. The average molecular weight is 416 g/mol. The number of ether oxygens (including phenoxy) is 2. The number of carbonyl (C=O) groups is 1. The Labute approximate surface area is 168 Å². The van der Waals surface area contributed by atoms with E-state index in [0.29, 0.717) is 33.8 Å². The second-order valence-electron chi connectivity index (χ2n) is 6.64. The van der Waals surface area contributed by atoms with Crippen LogP contribution in [-0.4, -0.2) is 23.4 Å². The lowest BCUT2D eigenvalue weighted by Gasteiger charge is -2.22. The highest BCUT2D eigenvalue weighted by Crippen LogP contribution is 2.39. The number of carbonyl (C=O) groups excluding carboxylic acids is 1. The van der Waals surface area contributed by atoms with Crippen molar-refractivity contribution in [3.8, 4) is 28.3 Å². The van der Waals surface area contributed by atoms with Gasteiger partial charge in [-0.1, -0.05) is 12.1 Å². The van der Waals surface area contributed by atoms with Crippen molar-refractivity contribution in [1.29, 1.82) is 0 Å². The van der Waals surface area contributed by atoms with Crippen LogP contribution in [0.3, 0.4) is 0 Å². The first-order valence-corrected chi connectivity index (χ1v) is 8.87. The molecule has 4 rings (SSSR count). The van der Waals surface area contributed by atoms with Crippen molar-refractivity contribution in [2.75, 3.05) is 11.9 Å². The largest absolute Gasteiger partial charge is 0.573 e. The number of aryl methyl sites for hydroxylation is 1. The molecule has 30 heavy (non-hydrogen) atoms. The molecular formula is C21H15F3N2O4. The highest BCUT2D eigenvalue weighted by Gasteiger charge is 2.31. The van der Waals surface area contributed by atoms with Crippen LogP contribution in [0.2, 0.25) is 0 Å². The molecule has 0 fully saturated rings. The maximum absolute atomic E-state index is 12.5. The Morgan fingerprint density at radius 1 is 1.07 bits per heavy atom. The second-order valence-corrected chi connectivity index (χ2v) is 6.64. The first-order valence-electron chi connectivity index (χ1n) is 8.87. The van der Waals surface area contributed by atoms with E-state index in [9.17, 15) is 22.8 Å². The van der Waals surface area contributed by atoms with Gasteiger partial charge < -0.3 is 14.8 Å². The van der Waals surface area contributed by atoms with Crippen LogP contribution in [0.4, 0.5) is 18.9 Å². The number of hydrogen-bond donors (Lipinski definition) is 1. The molecule has 6 nitrogen and oxygen atoms in total. The normalized spacial score (nSPS) is 13.3. The molecule has 2 aromatic carbocycles. The summed E-state index contributed by atoms with van der Waals surface area (Å²) in [5.41, 5.74) is 2.58. The standard InChI is InChI=1S/C21H15F3N2O4/c1-12-9-19(28)26(13-5-7-14(8-6-13)30-21(22,23)24)10-16(12)15-3-2-4-17-20(15)29-11-18(27)25-17/h2-10H,11H2,1H3,(H,25,27). The number of halogens is 3. The minimum Gasteiger partial charge on any atom is -0.481 e. The van der Waals surface area contributed by atoms with Crippen molar-refractivity contribution in [2.45, 2.75) is 13.3 Å². The lowest BCUT2D eigenvalue weighted by Crippen LogP contribution is -2.25. The van der Waals surface area contributed by atoms with Crippen LogP contribution < -0.4 is 20.3 Å². The van der Waals surface area contributed by atoms with Gasteiger partial charge in [-0.3, -0.25) is 14.2 Å². The molecule has 0 spiro atoms. The second kappa shape index (κ2) is 7.25. The van der Waals surface area contributed by atoms with Gasteiger partial charge in [-0.2, -0.15) is 0 Å². The zero-order valence-electron chi connectivity index (χ0n) is 15.6. The molecule has 9 heteroatoms. The van der Waals surface area contributed by atoms with E-state index in [4.69, 9.17) is 4.74 Å². The van der Waals surface area contributed by atoms with Gasteiger partial charge in [0.2, 0.25) is 0 Å². The van der Waals surface area contributed by atoms with Crippen molar-refractivity contribution in [3.05, 3.63) is 70.6 Å². The number of aromatic nitrogens is 1. The smallest absolute Gasteiger partial charge is 0.481 e. The third-order valence-corrected chi connectivity index (χ3v) is 4.54. The Balaban J connectivity index is 1.77. The first kappa shape index (κ1) is 19.6. The van der Waals surface area contributed by atoms with Crippen LogP contribution in [0.5, 0.6) is 11.5 Å². The predicted octanol–water partition coefficient (Wildman–Crippen LogP) is 4.04. The Morgan fingerprint density at radius 3 is 2.50 bits per heavy atom. The van der Waals surface area contributed by atoms with Crippen molar-refractivity contribution < 1.29 is 27.4 Å². The number of anilines is 1. The van der Waals surface area contributed by atoms with Crippen molar-refractivity contribution in [1.82, 2.24) is 4.57 Å². The number of hydrogen-bond acceptors (Lipinski definition) is 4. The highest BCUT2D eigenvalue weighted by molar-refractivity contribution is 5.97. The number of nitrogens with zero attached hydrogens (tertiary/aromatic N) is 1. The number of fused-ring (bicyclic) bond motifs is 1. The monoisotopic (exact) mass is 416 g/mol. The SMILES string of the molecule is Cc1cc(=O)n(-c2ccc(OC(F)(F)F)cc2)cc1-c1cccc2c1OCC(=O)N2. The Morgan fingerprint density at radius 2 is 1.80 bits per heavy atom. The number of nitrogens with one attached hydrogen (secondary N) is 1. The summed E-state index contributed by atoms with van der Waals surface area (Å²) in [7, 11) is 0. The van der Waals surface area contributed by atoms with Gasteiger partial charge in [-0.25, -0.2) is 0 Å². The molecule has 0 atom stereocenters. The molecule has 1 amide bonds. The van der Waals surface area contributed by atoms with Crippen LogP contribution in [0.15, 0.2) is 59.5 Å². The maximum Gasteiger partial charge on any atom is 0.573 e. The number of pyridine rings is 1. The van der Waals surface area contributed by atoms with Gasteiger partial charge in [-0.05, 0) is 42.8 Å². The number of alkyl halides is 3. The Hall–Kier alpha value is -3.75. The lowest BCUT2D eigenvalue weighted by atomic mass is 10.0. The fourth-order valence-corrected chi connectivity index (χ4v) is 3.25. The molecule has 0 radical (unpaired) electrons. The summed E-state index contributed by atoms with van der Waals surface area (Å²) in [6.07, 6.45) is -3.20. The summed E-state index contributed by atoms with van der Waals surface area (Å²) < 4.78 is 47.9. The molecule has 1 aromatic heterocycles. The average Bonchev–Trinajstić information content (AvgIpc) is 2.67. The molecule has 0 aliphatic carbocycles. The molecular weight excluding hydrogens is 401 g/mol. The molecule has 1 aliphatic rings. The van der Waals surface area contributed by atoms with Gasteiger partial charge >= 0.3 is 6.36 Å². The summed E-state index contributed by atoms with van der Waals surface area (Å²) in [4.78, 5) is 24.1. The zero-order chi connectivity index (χ0) is 21.5. The first-order chi connectivity index (χ1) is 14.2. The zero-order valence-corrected chi connectivity index (χ0v) is 15.6. The van der Waals surface area contributed by atoms with Gasteiger partial charge in [-0.15, -0.1) is 13.2 Å². The molecule has 0 saturated carbocycles.